The van der Waals surface area contributed by atoms with Gasteiger partial charge in [-0.05, 0) is 18.9 Å². The summed E-state index contributed by atoms with van der Waals surface area (Å²) in [5.74, 6) is -0.240. The van der Waals surface area contributed by atoms with Crippen molar-refractivity contribution in [3.63, 3.8) is 0 Å². The number of carbonyl (C=O) groups is 2. The number of amides is 3. The summed E-state index contributed by atoms with van der Waals surface area (Å²) in [7, 11) is -1.43. The van der Waals surface area contributed by atoms with Gasteiger partial charge in [0.2, 0.25) is 5.91 Å². The highest BCUT2D eigenvalue weighted by atomic mass is 28.3. The van der Waals surface area contributed by atoms with Gasteiger partial charge in [0.1, 0.15) is 12.9 Å². The predicted molar refractivity (Wildman–Crippen MR) is 107 cm³/mol. The summed E-state index contributed by atoms with van der Waals surface area (Å²) >= 11 is 0. The molecule has 2 N–H and O–H groups in total. The van der Waals surface area contributed by atoms with Crippen LogP contribution in [0, 0.1) is 0 Å². The Bertz CT molecular complexity index is 636. The maximum Gasteiger partial charge on any atom is 0.333 e. The van der Waals surface area contributed by atoms with Gasteiger partial charge in [0, 0.05) is 12.7 Å². The fourth-order valence-corrected chi connectivity index (χ4v) is 3.24. The lowest BCUT2D eigenvalue weighted by Gasteiger charge is -2.29. The standard InChI is InChI=1S/C19H31N3O4Si/c1-14(23)22-12-18(26-13-25-15(2)27(3,4)5)17(20-19(24)21-22)11-16-9-7-6-8-10-16/h6-10,15,17-18H,11-13H2,1-5H3,(H2,20,21,24)/t15?,17-,18-/m1/s1. The number of hydrogen-bond acceptors (Lipinski definition) is 4. The SMILES string of the molecule is CC(=O)N1C[C@@H](OCOC(C)[Si](C)(C)C)[C@@H](Cc2ccccc2)NC(=O)N1. The maximum absolute atomic E-state index is 12.2. The second kappa shape index (κ2) is 9.34. The fraction of sp³-hybridized carbons (Fsp3) is 0.579. The van der Waals surface area contributed by atoms with E-state index in [0.717, 1.165) is 5.56 Å². The summed E-state index contributed by atoms with van der Waals surface area (Å²) in [5.41, 5.74) is 3.80. The molecular weight excluding hydrogens is 362 g/mol. The molecule has 0 spiro atoms. The lowest BCUT2D eigenvalue weighted by atomic mass is 10.0. The van der Waals surface area contributed by atoms with Crippen molar-refractivity contribution in [2.45, 2.75) is 57.8 Å². The summed E-state index contributed by atoms with van der Waals surface area (Å²) in [6.45, 7) is 10.6. The highest BCUT2D eigenvalue weighted by Crippen LogP contribution is 2.15. The molecule has 1 aromatic carbocycles. The van der Waals surface area contributed by atoms with Crippen molar-refractivity contribution in [2.24, 2.45) is 0 Å². The van der Waals surface area contributed by atoms with Gasteiger partial charge in [-0.2, -0.15) is 0 Å². The average Bonchev–Trinajstić information content (AvgIpc) is 2.74. The van der Waals surface area contributed by atoms with Gasteiger partial charge in [0.25, 0.3) is 0 Å². The predicted octanol–water partition coefficient (Wildman–Crippen LogP) is 2.30. The van der Waals surface area contributed by atoms with E-state index in [2.05, 4.69) is 37.3 Å². The van der Waals surface area contributed by atoms with Gasteiger partial charge < -0.3 is 14.8 Å². The highest BCUT2D eigenvalue weighted by molar-refractivity contribution is 6.77. The quantitative estimate of drug-likeness (QED) is 0.550. The van der Waals surface area contributed by atoms with Gasteiger partial charge >= 0.3 is 6.03 Å². The zero-order chi connectivity index (χ0) is 20.0. The molecule has 1 aliphatic heterocycles. The molecule has 3 atom stereocenters. The molecule has 0 radical (unpaired) electrons. The molecule has 8 heteroatoms. The Morgan fingerprint density at radius 3 is 2.56 bits per heavy atom. The molecule has 0 saturated carbocycles. The number of nitrogens with zero attached hydrogens (tertiary/aromatic N) is 1. The number of urea groups is 1. The van der Waals surface area contributed by atoms with Crippen molar-refractivity contribution in [3.05, 3.63) is 35.9 Å². The smallest absolute Gasteiger partial charge is 0.333 e. The van der Waals surface area contributed by atoms with Crippen molar-refractivity contribution in [3.8, 4) is 0 Å². The molecule has 150 valence electrons. The number of benzene rings is 1. The Kier molecular flexibility index (Phi) is 7.40. The number of nitrogens with one attached hydrogen (secondary N) is 2. The first-order chi connectivity index (χ1) is 12.7. The minimum absolute atomic E-state index is 0.128. The van der Waals surface area contributed by atoms with Crippen molar-refractivity contribution < 1.29 is 19.1 Å². The van der Waals surface area contributed by atoms with Crippen LogP contribution < -0.4 is 10.7 Å². The van der Waals surface area contributed by atoms with Crippen LogP contribution in [0.5, 0.6) is 0 Å². The third-order valence-electron chi connectivity index (χ3n) is 4.86. The first kappa shape index (κ1) is 21.4. The molecular formula is C19H31N3O4Si. The number of carbonyl (C=O) groups excluding carboxylic acids is 2. The Balaban J connectivity index is 2.09. The van der Waals surface area contributed by atoms with E-state index >= 15 is 0 Å². The molecule has 0 aliphatic carbocycles. The molecule has 1 aliphatic rings. The molecule has 1 fully saturated rings. The summed E-state index contributed by atoms with van der Waals surface area (Å²) in [6.07, 6.45) is 0.218. The Hall–Kier alpha value is -1.90. The van der Waals surface area contributed by atoms with Crippen LogP contribution >= 0.6 is 0 Å². The second-order valence-corrected chi connectivity index (χ2v) is 13.6. The largest absolute Gasteiger partial charge is 0.356 e. The van der Waals surface area contributed by atoms with E-state index in [0.29, 0.717) is 6.42 Å². The zero-order valence-electron chi connectivity index (χ0n) is 16.8. The Morgan fingerprint density at radius 1 is 1.30 bits per heavy atom. The van der Waals surface area contributed by atoms with E-state index in [4.69, 9.17) is 9.47 Å². The van der Waals surface area contributed by atoms with E-state index in [1.807, 2.05) is 30.3 Å². The first-order valence-electron chi connectivity index (χ1n) is 9.29. The molecule has 7 nitrogen and oxygen atoms in total. The minimum atomic E-state index is -1.43. The summed E-state index contributed by atoms with van der Waals surface area (Å²) in [6, 6.07) is 9.21. The number of hydrogen-bond donors (Lipinski definition) is 2. The van der Waals surface area contributed by atoms with E-state index < -0.39 is 14.1 Å². The summed E-state index contributed by atoms with van der Waals surface area (Å²) < 4.78 is 11.9. The molecule has 1 heterocycles. The van der Waals surface area contributed by atoms with Gasteiger partial charge in [0.15, 0.2) is 0 Å². The van der Waals surface area contributed by atoms with Crippen LogP contribution in [0.3, 0.4) is 0 Å². The average molecular weight is 394 g/mol. The fourth-order valence-electron chi connectivity index (χ4n) is 2.67. The molecule has 1 saturated heterocycles. The Labute approximate surface area is 162 Å². The summed E-state index contributed by atoms with van der Waals surface area (Å²) in [5, 5.41) is 4.20. The van der Waals surface area contributed by atoms with Crippen LogP contribution in [0.4, 0.5) is 4.79 Å². The van der Waals surface area contributed by atoms with Crippen molar-refractivity contribution in [1.29, 1.82) is 0 Å². The van der Waals surface area contributed by atoms with Gasteiger partial charge in [-0.3, -0.25) is 9.80 Å². The third kappa shape index (κ3) is 6.64. The lowest BCUT2D eigenvalue weighted by molar-refractivity contribution is -0.138. The monoisotopic (exact) mass is 393 g/mol. The molecule has 0 aromatic heterocycles. The van der Waals surface area contributed by atoms with Crippen LogP contribution in [0.25, 0.3) is 0 Å². The molecule has 1 unspecified atom stereocenters. The Morgan fingerprint density at radius 2 is 1.96 bits per heavy atom. The maximum atomic E-state index is 12.2. The van der Waals surface area contributed by atoms with E-state index in [1.54, 1.807) is 0 Å². The van der Waals surface area contributed by atoms with Crippen LogP contribution in [0.1, 0.15) is 19.4 Å². The van der Waals surface area contributed by atoms with Crippen molar-refractivity contribution in [2.75, 3.05) is 13.3 Å². The number of hydrazine groups is 1. The van der Waals surface area contributed by atoms with E-state index in [-0.39, 0.29) is 37.1 Å². The number of ether oxygens (including phenoxy) is 2. The van der Waals surface area contributed by atoms with E-state index in [1.165, 1.54) is 11.9 Å². The highest BCUT2D eigenvalue weighted by Gasteiger charge is 2.32. The molecule has 3 amide bonds. The van der Waals surface area contributed by atoms with Gasteiger partial charge in [-0.1, -0.05) is 50.0 Å². The first-order valence-corrected chi connectivity index (χ1v) is 12.9. The van der Waals surface area contributed by atoms with Gasteiger partial charge in [-0.25, -0.2) is 10.2 Å². The van der Waals surface area contributed by atoms with Gasteiger partial charge in [-0.15, -0.1) is 0 Å². The number of rotatable bonds is 7. The second-order valence-electron chi connectivity index (χ2n) is 8.01. The van der Waals surface area contributed by atoms with Crippen LogP contribution in [-0.2, 0) is 20.7 Å². The third-order valence-corrected chi connectivity index (χ3v) is 7.47. The van der Waals surface area contributed by atoms with E-state index in [9.17, 15) is 9.59 Å². The van der Waals surface area contributed by atoms with Gasteiger partial charge in [0.05, 0.1) is 20.7 Å². The summed E-state index contributed by atoms with van der Waals surface area (Å²) in [4.78, 5) is 24.0. The topological polar surface area (TPSA) is 79.9 Å². The molecule has 27 heavy (non-hydrogen) atoms. The molecule has 2 rings (SSSR count). The van der Waals surface area contributed by atoms with Crippen LogP contribution in [0.15, 0.2) is 30.3 Å². The molecule has 1 aromatic rings. The normalized spacial score (nSPS) is 21.8. The minimum Gasteiger partial charge on any atom is -0.356 e. The van der Waals surface area contributed by atoms with Crippen LogP contribution in [0.2, 0.25) is 19.6 Å². The van der Waals surface area contributed by atoms with Crippen molar-refractivity contribution >= 4 is 20.0 Å². The lowest BCUT2D eigenvalue weighted by Crippen LogP contribution is -2.47. The van der Waals surface area contributed by atoms with Crippen LogP contribution in [-0.4, -0.2) is 56.2 Å². The van der Waals surface area contributed by atoms with Crippen molar-refractivity contribution in [1.82, 2.24) is 15.8 Å². The molecule has 0 bridgehead atoms. The zero-order valence-corrected chi connectivity index (χ0v) is 17.8.